The Bertz CT molecular complexity index is 598. The molecule has 3 N–H and O–H groups in total. The predicted octanol–water partition coefficient (Wildman–Crippen LogP) is 2.93. The van der Waals surface area contributed by atoms with Gasteiger partial charge in [0.05, 0.1) is 0 Å². The van der Waals surface area contributed by atoms with Crippen LogP contribution < -0.4 is 35.3 Å². The van der Waals surface area contributed by atoms with E-state index < -0.39 is 18.0 Å². The minimum Gasteiger partial charge on any atom is -1.00 e. The van der Waals surface area contributed by atoms with Crippen LogP contribution in [0.2, 0.25) is 0 Å². The second-order valence-electron chi connectivity index (χ2n) is 8.26. The number of hydrogen-bond acceptors (Lipinski definition) is 5. The van der Waals surface area contributed by atoms with Gasteiger partial charge in [-0.25, -0.2) is 4.79 Å². The van der Waals surface area contributed by atoms with Crippen LogP contribution in [0.5, 0.6) is 5.75 Å². The van der Waals surface area contributed by atoms with E-state index >= 15 is 0 Å². The molecule has 0 bridgehead atoms. The van der Waals surface area contributed by atoms with Crippen LogP contribution in [0.3, 0.4) is 0 Å². The van der Waals surface area contributed by atoms with E-state index in [0.29, 0.717) is 0 Å². The number of esters is 2. The zero-order valence-corrected chi connectivity index (χ0v) is 21.7. The molecule has 1 aromatic carbocycles. The Balaban J connectivity index is 0. The third-order valence-electron chi connectivity index (χ3n) is 5.39. The molecule has 0 radical (unpaired) electrons. The maximum Gasteiger partial charge on any atom is 1.00 e. The summed E-state index contributed by atoms with van der Waals surface area (Å²) in [5.74, 6) is -1.03. The number of carbonyl (C=O) groups excluding carboxylic acids is 2. The van der Waals surface area contributed by atoms with Crippen molar-refractivity contribution in [2.45, 2.75) is 109 Å². The summed E-state index contributed by atoms with van der Waals surface area (Å²) < 4.78 is 4.86. The normalized spacial score (nSPS) is 11.5. The molecule has 0 fully saturated rings. The summed E-state index contributed by atoms with van der Waals surface area (Å²) in [5, 5.41) is 9.27. The van der Waals surface area contributed by atoms with E-state index in [1.807, 2.05) is 0 Å². The number of carbonyl (C=O) groups is 2. The van der Waals surface area contributed by atoms with Gasteiger partial charge in [0.1, 0.15) is 11.8 Å². The summed E-state index contributed by atoms with van der Waals surface area (Å²) in [6, 6.07) is 5.57. The summed E-state index contributed by atoms with van der Waals surface area (Å²) in [6.07, 6.45) is 16.7. The van der Waals surface area contributed by atoms with Gasteiger partial charge in [-0.05, 0) is 30.5 Å². The number of nitrogens with two attached hydrogens (primary N) is 1. The van der Waals surface area contributed by atoms with E-state index in [0.717, 1.165) is 24.8 Å². The van der Waals surface area contributed by atoms with Gasteiger partial charge in [0.15, 0.2) is 0 Å². The molecule has 1 atom stereocenters. The van der Waals surface area contributed by atoms with Crippen LogP contribution in [0.4, 0.5) is 0 Å². The quantitative estimate of drug-likeness (QED) is 0.167. The molecule has 0 heterocycles. The first-order valence-corrected chi connectivity index (χ1v) is 11.8. The smallest absolute Gasteiger partial charge is 1.00 e. The Morgan fingerprint density at radius 3 is 1.81 bits per heavy atom. The van der Waals surface area contributed by atoms with Gasteiger partial charge >= 0.3 is 41.5 Å². The summed E-state index contributed by atoms with van der Waals surface area (Å²) >= 11 is 0. The molecule has 1 aromatic rings. The maximum absolute atomic E-state index is 11.9. The van der Waals surface area contributed by atoms with Gasteiger partial charge < -0.3 is 17.0 Å². The Labute approximate surface area is 212 Å². The Hall–Kier alpha value is -0.880. The summed E-state index contributed by atoms with van der Waals surface area (Å²) in [5.41, 5.74) is 6.63. The van der Waals surface area contributed by atoms with Crippen LogP contribution in [0.25, 0.3) is 0 Å². The van der Waals surface area contributed by atoms with Gasteiger partial charge in [-0.1, -0.05) is 96.1 Å². The SMILES string of the molecule is CCCCCCCCCCCCCCCC(=O)OC(=O)C(N)Cc1ccc(O)cc1.[H-].[Na+]. The zero-order valence-electron chi connectivity index (χ0n) is 20.7. The number of rotatable bonds is 17. The molecule has 0 aliphatic carbocycles. The first kappa shape index (κ1) is 30.1. The number of phenolic OH excluding ortho intramolecular Hbond substituents is 1. The molecular formula is C25H42NNaO4. The fourth-order valence-corrected chi connectivity index (χ4v) is 3.50. The first-order chi connectivity index (χ1) is 14.5. The van der Waals surface area contributed by atoms with Crippen LogP contribution in [0.1, 0.15) is 104 Å². The number of benzene rings is 1. The van der Waals surface area contributed by atoms with E-state index in [9.17, 15) is 14.7 Å². The van der Waals surface area contributed by atoms with E-state index in [4.69, 9.17) is 10.5 Å². The van der Waals surface area contributed by atoms with Gasteiger partial charge in [-0.15, -0.1) is 0 Å². The average molecular weight is 444 g/mol. The Kier molecular flexibility index (Phi) is 19.2. The second-order valence-corrected chi connectivity index (χ2v) is 8.26. The molecule has 1 rings (SSSR count). The molecule has 0 aliphatic heterocycles. The van der Waals surface area contributed by atoms with Crippen molar-refractivity contribution >= 4 is 11.9 Å². The zero-order chi connectivity index (χ0) is 22.0. The topological polar surface area (TPSA) is 89.6 Å². The van der Waals surface area contributed by atoms with E-state index in [2.05, 4.69) is 6.92 Å². The maximum atomic E-state index is 11.9. The molecule has 0 saturated carbocycles. The van der Waals surface area contributed by atoms with Gasteiger partial charge in [0.2, 0.25) is 0 Å². The van der Waals surface area contributed by atoms with Gasteiger partial charge in [-0.3, -0.25) is 4.79 Å². The van der Waals surface area contributed by atoms with Crippen LogP contribution in [0, 0.1) is 0 Å². The molecule has 0 aromatic heterocycles. The van der Waals surface area contributed by atoms with E-state index in [-0.39, 0.29) is 49.6 Å². The summed E-state index contributed by atoms with van der Waals surface area (Å²) in [7, 11) is 0. The molecule has 1 unspecified atom stereocenters. The molecule has 0 saturated heterocycles. The first-order valence-electron chi connectivity index (χ1n) is 11.8. The molecule has 6 heteroatoms. The van der Waals surface area contributed by atoms with Crippen molar-refractivity contribution in [1.82, 2.24) is 0 Å². The third-order valence-corrected chi connectivity index (χ3v) is 5.39. The average Bonchev–Trinajstić information content (AvgIpc) is 2.73. The Morgan fingerprint density at radius 1 is 0.871 bits per heavy atom. The minimum absolute atomic E-state index is 0. The Morgan fingerprint density at radius 2 is 1.32 bits per heavy atom. The van der Waals surface area contributed by atoms with Crippen molar-refractivity contribution in [2.24, 2.45) is 5.73 Å². The van der Waals surface area contributed by atoms with Crippen molar-refractivity contribution in [2.75, 3.05) is 0 Å². The van der Waals surface area contributed by atoms with Crippen molar-refractivity contribution in [1.29, 1.82) is 0 Å². The van der Waals surface area contributed by atoms with Crippen LogP contribution in [-0.4, -0.2) is 23.1 Å². The van der Waals surface area contributed by atoms with Crippen molar-refractivity contribution in [3.8, 4) is 5.75 Å². The fraction of sp³-hybridized carbons (Fsp3) is 0.680. The number of phenols is 1. The monoisotopic (exact) mass is 443 g/mol. The van der Waals surface area contributed by atoms with Gasteiger partial charge in [-0.2, -0.15) is 0 Å². The second kappa shape index (κ2) is 19.8. The molecule has 5 nitrogen and oxygen atoms in total. The van der Waals surface area contributed by atoms with Gasteiger partial charge in [0, 0.05) is 6.42 Å². The summed E-state index contributed by atoms with van der Waals surface area (Å²) in [4.78, 5) is 23.8. The molecule has 172 valence electrons. The number of hydrogen-bond donors (Lipinski definition) is 2. The van der Waals surface area contributed by atoms with Crippen LogP contribution >= 0.6 is 0 Å². The standard InChI is InChI=1S/C25H41NO4.Na.H/c1-2-3-4-5-6-7-8-9-10-11-12-13-14-15-24(28)30-25(29)23(26)20-21-16-18-22(27)19-17-21;;/h16-19,23,27H,2-15,20,26H2,1H3;;/q;+1;-1. The molecule has 0 spiro atoms. The summed E-state index contributed by atoms with van der Waals surface area (Å²) in [6.45, 7) is 2.25. The molecule has 0 aliphatic rings. The van der Waals surface area contributed by atoms with Crippen molar-refractivity contribution < 1.29 is 50.4 Å². The fourth-order valence-electron chi connectivity index (χ4n) is 3.50. The molecular weight excluding hydrogens is 401 g/mol. The third kappa shape index (κ3) is 16.4. The minimum atomic E-state index is -0.884. The number of aromatic hydroxyl groups is 1. The number of unbranched alkanes of at least 4 members (excludes halogenated alkanes) is 12. The van der Waals surface area contributed by atoms with Gasteiger partial charge in [0.25, 0.3) is 0 Å². The molecule has 31 heavy (non-hydrogen) atoms. The number of ether oxygens (including phenoxy) is 1. The largest absolute Gasteiger partial charge is 1.00 e. The van der Waals surface area contributed by atoms with E-state index in [1.165, 1.54) is 76.3 Å². The van der Waals surface area contributed by atoms with Crippen molar-refractivity contribution in [3.05, 3.63) is 29.8 Å². The van der Waals surface area contributed by atoms with Crippen LogP contribution in [0.15, 0.2) is 24.3 Å². The predicted molar refractivity (Wildman–Crippen MR) is 122 cm³/mol. The molecule has 0 amide bonds. The van der Waals surface area contributed by atoms with Crippen molar-refractivity contribution in [3.63, 3.8) is 0 Å². The van der Waals surface area contributed by atoms with Crippen LogP contribution in [-0.2, 0) is 20.7 Å². The van der Waals surface area contributed by atoms with E-state index in [1.54, 1.807) is 12.1 Å².